The zero-order valence-corrected chi connectivity index (χ0v) is 23.7. The fourth-order valence-corrected chi connectivity index (χ4v) is 8.54. The molecule has 5 saturated carbocycles. The first-order valence-corrected chi connectivity index (χ1v) is 15.3. The molecule has 1 aromatic heterocycles. The smallest absolute Gasteiger partial charge is 0.224 e. The standard InChI is InChI=1S/C32H44N6O2/c1-20-10-21(4-7-28(20)40)8-9-34-31-36-18-26(16-33)30(38-31)37-19-32-13-23-11-24(14-32)29(25(12-23)15-32)35-17-22-2-5-27(39)6-3-22/h4,7,10,18,22-25,27,29,35,39-40H,2-3,5-6,8-9,11-15,17,19H2,1H3,(H2,34,36,37,38)/t22-,23?,24-,25+,27-,29-,32-. The molecule has 1 aromatic carbocycles. The number of aliphatic hydroxyl groups is 1. The summed E-state index contributed by atoms with van der Waals surface area (Å²) in [4.78, 5) is 9.07. The van der Waals surface area contributed by atoms with E-state index in [-0.39, 0.29) is 11.5 Å². The maximum absolute atomic E-state index is 9.85. The minimum atomic E-state index is -0.0806. The molecule has 5 fully saturated rings. The molecular formula is C32H44N6O2. The second kappa shape index (κ2) is 11.5. The second-order valence-electron chi connectivity index (χ2n) is 13.3. The molecular weight excluding hydrogens is 500 g/mol. The number of anilines is 2. The molecule has 0 radical (unpaired) electrons. The van der Waals surface area contributed by atoms with Crippen LogP contribution in [0.3, 0.4) is 0 Å². The quantitative estimate of drug-likeness (QED) is 0.290. The van der Waals surface area contributed by atoms with Gasteiger partial charge in [-0.1, -0.05) is 12.1 Å². The molecule has 0 amide bonds. The van der Waals surface area contributed by atoms with Gasteiger partial charge in [0.1, 0.15) is 23.2 Å². The van der Waals surface area contributed by atoms with Crippen LogP contribution in [0.15, 0.2) is 24.4 Å². The van der Waals surface area contributed by atoms with Crippen molar-refractivity contribution in [1.82, 2.24) is 15.3 Å². The van der Waals surface area contributed by atoms with Crippen LogP contribution in [-0.4, -0.2) is 52.0 Å². The summed E-state index contributed by atoms with van der Waals surface area (Å²) in [6, 6.07) is 8.57. The predicted octanol–water partition coefficient (Wildman–Crippen LogP) is 4.76. The van der Waals surface area contributed by atoms with Crippen LogP contribution in [-0.2, 0) is 6.42 Å². The van der Waals surface area contributed by atoms with E-state index in [2.05, 4.69) is 27.0 Å². The summed E-state index contributed by atoms with van der Waals surface area (Å²) >= 11 is 0. The van der Waals surface area contributed by atoms with Crippen molar-refractivity contribution in [3.63, 3.8) is 0 Å². The van der Waals surface area contributed by atoms with Gasteiger partial charge in [-0.2, -0.15) is 10.2 Å². The van der Waals surface area contributed by atoms with E-state index in [9.17, 15) is 15.5 Å². The summed E-state index contributed by atoms with van der Waals surface area (Å²) in [5, 5.41) is 40.3. The molecule has 4 bridgehead atoms. The summed E-state index contributed by atoms with van der Waals surface area (Å²) in [7, 11) is 0. The summed E-state index contributed by atoms with van der Waals surface area (Å²) in [6.45, 7) is 4.54. The van der Waals surface area contributed by atoms with Crippen molar-refractivity contribution in [1.29, 1.82) is 5.26 Å². The first-order chi connectivity index (χ1) is 19.4. The SMILES string of the molecule is Cc1cc(CCNc2ncc(C#N)c(NC[C@]34CC5C[C@H](C3)[C@@H](NC[C@H]3CC[C@H](O)CC3)[C@@H](C5)C4)n2)ccc1O. The van der Waals surface area contributed by atoms with Crippen molar-refractivity contribution in [2.24, 2.45) is 29.1 Å². The molecule has 1 unspecified atom stereocenters. The molecule has 8 nitrogen and oxygen atoms in total. The first-order valence-electron chi connectivity index (χ1n) is 15.3. The fraction of sp³-hybridized carbons (Fsp3) is 0.656. The Kier molecular flexibility index (Phi) is 7.87. The molecule has 8 heteroatoms. The van der Waals surface area contributed by atoms with E-state index in [1.165, 1.54) is 32.1 Å². The van der Waals surface area contributed by atoms with E-state index in [1.54, 1.807) is 12.3 Å². The van der Waals surface area contributed by atoms with Gasteiger partial charge in [0.15, 0.2) is 0 Å². The van der Waals surface area contributed by atoms with E-state index in [0.29, 0.717) is 41.6 Å². The third-order valence-corrected chi connectivity index (χ3v) is 10.4. The Morgan fingerprint density at radius 2 is 1.85 bits per heavy atom. The maximum Gasteiger partial charge on any atom is 0.224 e. The van der Waals surface area contributed by atoms with Gasteiger partial charge in [0, 0.05) is 19.1 Å². The molecule has 5 atom stereocenters. The minimum Gasteiger partial charge on any atom is -0.508 e. The van der Waals surface area contributed by atoms with Crippen LogP contribution in [0.4, 0.5) is 11.8 Å². The molecule has 1 heterocycles. The molecule has 2 aromatic rings. The van der Waals surface area contributed by atoms with Crippen molar-refractivity contribution < 1.29 is 10.2 Å². The van der Waals surface area contributed by atoms with Crippen LogP contribution >= 0.6 is 0 Å². The normalized spacial score (nSPS) is 32.5. The summed E-state index contributed by atoms with van der Waals surface area (Å²) in [5.74, 6) is 4.49. The van der Waals surface area contributed by atoms with Crippen molar-refractivity contribution in [2.45, 2.75) is 83.3 Å². The Morgan fingerprint density at radius 3 is 2.58 bits per heavy atom. The number of rotatable bonds is 10. The number of hydrogen-bond donors (Lipinski definition) is 5. The number of nitrogens with zero attached hydrogens (tertiary/aromatic N) is 3. The van der Waals surface area contributed by atoms with Gasteiger partial charge in [-0.3, -0.25) is 0 Å². The van der Waals surface area contributed by atoms with Gasteiger partial charge in [-0.25, -0.2) is 4.98 Å². The molecule has 40 heavy (non-hydrogen) atoms. The molecule has 0 spiro atoms. The van der Waals surface area contributed by atoms with Gasteiger partial charge < -0.3 is 26.2 Å². The van der Waals surface area contributed by atoms with Gasteiger partial charge >= 0.3 is 0 Å². The Morgan fingerprint density at radius 1 is 1.07 bits per heavy atom. The molecule has 5 aliphatic rings. The van der Waals surface area contributed by atoms with E-state index < -0.39 is 0 Å². The summed E-state index contributed by atoms with van der Waals surface area (Å²) < 4.78 is 0. The zero-order chi connectivity index (χ0) is 27.7. The number of hydrogen-bond acceptors (Lipinski definition) is 8. The highest BCUT2D eigenvalue weighted by Crippen LogP contribution is 2.60. The fourth-order valence-electron chi connectivity index (χ4n) is 8.54. The molecule has 0 saturated heterocycles. The average Bonchev–Trinajstić information content (AvgIpc) is 2.94. The Labute approximate surface area is 238 Å². The van der Waals surface area contributed by atoms with Gasteiger partial charge in [0.05, 0.1) is 12.3 Å². The third kappa shape index (κ3) is 5.91. The maximum atomic E-state index is 9.85. The number of phenols is 1. The number of aromatic nitrogens is 2. The van der Waals surface area contributed by atoms with Crippen LogP contribution in [0.25, 0.3) is 0 Å². The van der Waals surface area contributed by atoms with Crippen molar-refractivity contribution in [3.05, 3.63) is 41.1 Å². The highest BCUT2D eigenvalue weighted by molar-refractivity contribution is 5.53. The molecule has 214 valence electrons. The lowest BCUT2D eigenvalue weighted by molar-refractivity contribution is -0.0705. The van der Waals surface area contributed by atoms with E-state index in [4.69, 9.17) is 4.98 Å². The van der Waals surface area contributed by atoms with E-state index in [1.807, 2.05) is 19.1 Å². The van der Waals surface area contributed by atoms with Crippen molar-refractivity contribution >= 4 is 11.8 Å². The minimum absolute atomic E-state index is 0.0806. The largest absolute Gasteiger partial charge is 0.508 e. The van der Waals surface area contributed by atoms with Crippen LogP contribution in [0.2, 0.25) is 0 Å². The lowest BCUT2D eigenvalue weighted by Crippen LogP contribution is -2.60. The zero-order valence-electron chi connectivity index (χ0n) is 23.7. The number of nitriles is 1. The Balaban J connectivity index is 1.05. The number of aliphatic hydroxyl groups excluding tert-OH is 1. The van der Waals surface area contributed by atoms with Gasteiger partial charge in [-0.05, 0) is 124 Å². The highest BCUT2D eigenvalue weighted by atomic mass is 16.3. The molecule has 7 rings (SSSR count). The lowest BCUT2D eigenvalue weighted by atomic mass is 9.48. The number of phenolic OH excluding ortho intramolecular Hbond substituents is 1. The molecule has 5 N–H and O–H groups in total. The highest BCUT2D eigenvalue weighted by Gasteiger charge is 2.55. The van der Waals surface area contributed by atoms with E-state index >= 15 is 0 Å². The Hall–Kier alpha value is -2.89. The Bertz CT molecular complexity index is 1220. The average molecular weight is 545 g/mol. The van der Waals surface area contributed by atoms with Crippen LogP contribution in [0, 0.1) is 47.3 Å². The predicted molar refractivity (Wildman–Crippen MR) is 156 cm³/mol. The van der Waals surface area contributed by atoms with Crippen LogP contribution in [0.5, 0.6) is 5.75 Å². The van der Waals surface area contributed by atoms with Gasteiger partial charge in [0.2, 0.25) is 5.95 Å². The van der Waals surface area contributed by atoms with Crippen molar-refractivity contribution in [2.75, 3.05) is 30.3 Å². The van der Waals surface area contributed by atoms with Crippen LogP contribution < -0.4 is 16.0 Å². The summed E-state index contributed by atoms with van der Waals surface area (Å²) in [5.41, 5.74) is 2.78. The van der Waals surface area contributed by atoms with E-state index in [0.717, 1.165) is 74.1 Å². The number of benzene rings is 1. The second-order valence-corrected chi connectivity index (χ2v) is 13.3. The van der Waals surface area contributed by atoms with Gasteiger partial charge in [-0.15, -0.1) is 0 Å². The van der Waals surface area contributed by atoms with Crippen LogP contribution in [0.1, 0.15) is 74.5 Å². The third-order valence-electron chi connectivity index (χ3n) is 10.4. The number of nitrogens with one attached hydrogen (secondary N) is 3. The number of aromatic hydroxyl groups is 1. The van der Waals surface area contributed by atoms with Crippen molar-refractivity contribution in [3.8, 4) is 11.8 Å². The van der Waals surface area contributed by atoms with Gasteiger partial charge in [0.25, 0.3) is 0 Å². The monoisotopic (exact) mass is 544 g/mol. The first kappa shape index (κ1) is 27.3. The topological polar surface area (TPSA) is 126 Å². The molecule has 5 aliphatic carbocycles. The molecule has 0 aliphatic heterocycles. The lowest BCUT2D eigenvalue weighted by Gasteiger charge is -2.60. The summed E-state index contributed by atoms with van der Waals surface area (Å²) in [6.07, 6.45) is 13.0. The number of aryl methyl sites for hydroxylation is 1.